The number of likely N-dealkylation sites (N-methyl/N-ethyl adjacent to an activating group) is 1. The number of nitrogens with zero attached hydrogens (tertiary/aromatic N) is 4. The highest BCUT2D eigenvalue weighted by molar-refractivity contribution is 6.04. The second-order valence-electron chi connectivity index (χ2n) is 10.1. The van der Waals surface area contributed by atoms with Gasteiger partial charge < -0.3 is 14.5 Å². The third-order valence-electron chi connectivity index (χ3n) is 6.80. The fourth-order valence-corrected chi connectivity index (χ4v) is 4.24. The summed E-state index contributed by atoms with van der Waals surface area (Å²) in [6, 6.07) is 14.0. The SMILES string of the molecule is CC(COc1ncc(-c2cccc3ccccc23)c(C(=O)N(C)Cc2cc(C(F)(F)F)cc(C(F)(F)F)c2)n1)N(C)C. The smallest absolute Gasteiger partial charge is 0.416 e. The molecule has 6 nitrogen and oxygen atoms in total. The van der Waals surface area contributed by atoms with E-state index >= 15 is 0 Å². The Morgan fingerprint density at radius 1 is 0.881 bits per heavy atom. The van der Waals surface area contributed by atoms with Crippen LogP contribution in [0.1, 0.15) is 34.1 Å². The molecule has 1 amide bonds. The van der Waals surface area contributed by atoms with Crippen LogP contribution in [0.5, 0.6) is 6.01 Å². The summed E-state index contributed by atoms with van der Waals surface area (Å²) >= 11 is 0. The Balaban J connectivity index is 1.76. The number of amides is 1. The molecule has 1 heterocycles. The summed E-state index contributed by atoms with van der Waals surface area (Å²) in [7, 11) is 5.00. The zero-order chi connectivity index (χ0) is 30.8. The van der Waals surface area contributed by atoms with Crippen LogP contribution in [-0.4, -0.2) is 59.5 Å². The van der Waals surface area contributed by atoms with E-state index in [9.17, 15) is 31.1 Å². The van der Waals surface area contributed by atoms with E-state index in [0.717, 1.165) is 15.7 Å². The molecular formula is C30H28F6N4O2. The highest BCUT2D eigenvalue weighted by atomic mass is 19.4. The van der Waals surface area contributed by atoms with Gasteiger partial charge in [-0.25, -0.2) is 4.98 Å². The van der Waals surface area contributed by atoms with Crippen LogP contribution >= 0.6 is 0 Å². The average Bonchev–Trinajstić information content (AvgIpc) is 2.94. The average molecular weight is 591 g/mol. The van der Waals surface area contributed by atoms with Gasteiger partial charge in [-0.3, -0.25) is 4.79 Å². The van der Waals surface area contributed by atoms with Crippen molar-refractivity contribution in [3.8, 4) is 17.1 Å². The lowest BCUT2D eigenvalue weighted by Gasteiger charge is -2.22. The summed E-state index contributed by atoms with van der Waals surface area (Å²) in [6.07, 6.45) is -8.59. The first-order valence-electron chi connectivity index (χ1n) is 12.8. The van der Waals surface area contributed by atoms with Gasteiger partial charge in [0.25, 0.3) is 5.91 Å². The molecule has 0 spiro atoms. The van der Waals surface area contributed by atoms with Gasteiger partial charge in [0.05, 0.1) is 11.1 Å². The molecule has 42 heavy (non-hydrogen) atoms. The Labute approximate surface area is 238 Å². The molecule has 222 valence electrons. The quantitative estimate of drug-likeness (QED) is 0.208. The molecule has 0 radical (unpaired) electrons. The fourth-order valence-electron chi connectivity index (χ4n) is 4.24. The van der Waals surface area contributed by atoms with Gasteiger partial charge in [0.1, 0.15) is 12.3 Å². The van der Waals surface area contributed by atoms with E-state index in [0.29, 0.717) is 23.3 Å². The van der Waals surface area contributed by atoms with Gasteiger partial charge in [-0.2, -0.15) is 31.3 Å². The van der Waals surface area contributed by atoms with Gasteiger partial charge in [-0.05, 0) is 61.1 Å². The molecule has 0 saturated heterocycles. The summed E-state index contributed by atoms with van der Waals surface area (Å²) < 4.78 is 86.2. The summed E-state index contributed by atoms with van der Waals surface area (Å²) in [5.41, 5.74) is -2.42. The number of halogens is 6. The molecule has 1 unspecified atom stereocenters. The predicted octanol–water partition coefficient (Wildman–Crippen LogP) is 6.94. The zero-order valence-corrected chi connectivity index (χ0v) is 23.2. The first-order chi connectivity index (χ1) is 19.6. The van der Waals surface area contributed by atoms with Crippen molar-refractivity contribution in [2.45, 2.75) is 31.9 Å². The van der Waals surface area contributed by atoms with Crippen LogP contribution < -0.4 is 4.74 Å². The van der Waals surface area contributed by atoms with E-state index in [1.807, 2.05) is 56.3 Å². The monoisotopic (exact) mass is 590 g/mol. The molecule has 1 atom stereocenters. The number of carbonyl (C=O) groups is 1. The molecule has 4 rings (SSSR count). The van der Waals surface area contributed by atoms with Crippen LogP contribution in [0.3, 0.4) is 0 Å². The number of carbonyl (C=O) groups excluding carboxylic acids is 1. The summed E-state index contributed by atoms with van der Waals surface area (Å²) in [5.74, 6) is -0.739. The maximum absolute atomic E-state index is 13.8. The summed E-state index contributed by atoms with van der Waals surface area (Å²) in [5, 5.41) is 1.67. The van der Waals surface area contributed by atoms with Gasteiger partial charge in [-0.15, -0.1) is 0 Å². The zero-order valence-electron chi connectivity index (χ0n) is 23.2. The molecule has 0 bridgehead atoms. The van der Waals surface area contributed by atoms with E-state index < -0.39 is 35.9 Å². The van der Waals surface area contributed by atoms with Crippen molar-refractivity contribution in [3.63, 3.8) is 0 Å². The Bertz CT molecular complexity index is 1550. The Hall–Kier alpha value is -4.19. The second kappa shape index (κ2) is 12.0. The number of hydrogen-bond acceptors (Lipinski definition) is 5. The molecule has 0 aliphatic heterocycles. The van der Waals surface area contributed by atoms with E-state index in [-0.39, 0.29) is 36.0 Å². The minimum absolute atomic E-state index is 0.0168. The van der Waals surface area contributed by atoms with Crippen molar-refractivity contribution in [3.05, 3.63) is 89.2 Å². The van der Waals surface area contributed by atoms with Crippen molar-refractivity contribution in [2.24, 2.45) is 0 Å². The number of fused-ring (bicyclic) bond motifs is 1. The molecule has 0 aliphatic rings. The molecule has 0 aliphatic carbocycles. The van der Waals surface area contributed by atoms with Crippen LogP contribution in [0.25, 0.3) is 21.9 Å². The lowest BCUT2D eigenvalue weighted by atomic mass is 9.97. The lowest BCUT2D eigenvalue weighted by molar-refractivity contribution is -0.143. The van der Waals surface area contributed by atoms with Crippen LogP contribution in [0.15, 0.2) is 66.9 Å². The van der Waals surface area contributed by atoms with Crippen molar-refractivity contribution in [2.75, 3.05) is 27.7 Å². The molecule has 3 aromatic carbocycles. The van der Waals surface area contributed by atoms with Gasteiger partial charge in [0.2, 0.25) is 0 Å². The number of rotatable bonds is 8. The van der Waals surface area contributed by atoms with Crippen LogP contribution in [0.2, 0.25) is 0 Å². The summed E-state index contributed by atoms with van der Waals surface area (Å²) in [4.78, 5) is 25.3. The van der Waals surface area contributed by atoms with Crippen molar-refractivity contribution >= 4 is 16.7 Å². The van der Waals surface area contributed by atoms with E-state index in [4.69, 9.17) is 4.74 Å². The number of ether oxygens (including phenoxy) is 1. The summed E-state index contributed by atoms with van der Waals surface area (Å²) in [6.45, 7) is 1.57. The normalized spacial score (nSPS) is 12.9. The maximum atomic E-state index is 13.8. The maximum Gasteiger partial charge on any atom is 0.416 e. The second-order valence-corrected chi connectivity index (χ2v) is 10.1. The molecule has 1 aromatic heterocycles. The Morgan fingerprint density at radius 3 is 2.12 bits per heavy atom. The van der Waals surface area contributed by atoms with Crippen LogP contribution in [0, 0.1) is 0 Å². The van der Waals surface area contributed by atoms with Crippen molar-refractivity contribution in [1.29, 1.82) is 0 Å². The van der Waals surface area contributed by atoms with E-state index in [1.165, 1.54) is 13.2 Å². The number of aromatic nitrogens is 2. The third-order valence-corrected chi connectivity index (χ3v) is 6.80. The lowest BCUT2D eigenvalue weighted by Crippen LogP contribution is -2.31. The molecule has 0 N–H and O–H groups in total. The number of benzene rings is 3. The Kier molecular flexibility index (Phi) is 8.76. The number of alkyl halides is 6. The molecule has 0 fully saturated rings. The first-order valence-corrected chi connectivity index (χ1v) is 12.8. The Morgan fingerprint density at radius 2 is 1.50 bits per heavy atom. The molecular weight excluding hydrogens is 562 g/mol. The van der Waals surface area contributed by atoms with Crippen LogP contribution in [-0.2, 0) is 18.9 Å². The minimum Gasteiger partial charge on any atom is -0.462 e. The molecule has 0 saturated carbocycles. The highest BCUT2D eigenvalue weighted by Crippen LogP contribution is 2.37. The highest BCUT2D eigenvalue weighted by Gasteiger charge is 2.37. The fraction of sp³-hybridized carbons (Fsp3) is 0.300. The van der Waals surface area contributed by atoms with Gasteiger partial charge in [-0.1, -0.05) is 42.5 Å². The van der Waals surface area contributed by atoms with Crippen molar-refractivity contribution in [1.82, 2.24) is 19.8 Å². The van der Waals surface area contributed by atoms with Gasteiger partial charge >= 0.3 is 18.4 Å². The van der Waals surface area contributed by atoms with E-state index in [1.54, 1.807) is 12.1 Å². The predicted molar refractivity (Wildman–Crippen MR) is 146 cm³/mol. The van der Waals surface area contributed by atoms with Gasteiger partial charge in [0, 0.05) is 31.4 Å². The van der Waals surface area contributed by atoms with Crippen molar-refractivity contribution < 1.29 is 35.9 Å². The topological polar surface area (TPSA) is 58.6 Å². The number of hydrogen-bond donors (Lipinski definition) is 0. The minimum atomic E-state index is -5.01. The molecule has 12 heteroatoms. The van der Waals surface area contributed by atoms with Crippen LogP contribution in [0.4, 0.5) is 26.3 Å². The van der Waals surface area contributed by atoms with Gasteiger partial charge in [0.15, 0.2) is 0 Å². The third kappa shape index (κ3) is 6.99. The molecule has 4 aromatic rings. The first kappa shape index (κ1) is 30.8. The largest absolute Gasteiger partial charge is 0.462 e. The van der Waals surface area contributed by atoms with E-state index in [2.05, 4.69) is 9.97 Å². The standard InChI is InChI=1S/C30H28F6N4O2/c1-18(39(2)3)17-42-28-37-15-25(24-11-7-9-20-8-5-6-10-23(20)24)26(38-28)27(41)40(4)16-19-12-21(29(31,32)33)14-22(13-19)30(34,35)36/h5-15,18H,16-17H2,1-4H3.